The van der Waals surface area contributed by atoms with Crippen molar-refractivity contribution in [2.24, 2.45) is 0 Å². The van der Waals surface area contributed by atoms with E-state index in [1.54, 1.807) is 0 Å². The normalized spacial score (nSPS) is 21.4. The maximum absolute atomic E-state index is 12.5. The first-order valence-corrected chi connectivity index (χ1v) is 6.66. The van der Waals surface area contributed by atoms with Crippen molar-refractivity contribution in [1.29, 1.82) is 0 Å². The predicted molar refractivity (Wildman–Crippen MR) is 69.9 cm³/mol. The smallest absolute Gasteiger partial charge is 0.230 e. The minimum absolute atomic E-state index is 0.0882. The Bertz CT molecular complexity index is 360. The maximum atomic E-state index is 12.5. The van der Waals surface area contributed by atoms with Crippen LogP contribution < -0.4 is 0 Å². The summed E-state index contributed by atoms with van der Waals surface area (Å²) < 4.78 is 0. The quantitative estimate of drug-likeness (QED) is 0.782. The van der Waals surface area contributed by atoms with Gasteiger partial charge in [-0.15, -0.1) is 0 Å². The van der Waals surface area contributed by atoms with Gasteiger partial charge in [-0.2, -0.15) is 0 Å². The fourth-order valence-electron chi connectivity index (χ4n) is 2.59. The highest BCUT2D eigenvalue weighted by atomic mass is 16.2. The molecule has 0 spiro atoms. The zero-order valence-corrected chi connectivity index (χ0v) is 10.6. The van der Waals surface area contributed by atoms with E-state index < -0.39 is 0 Å². The van der Waals surface area contributed by atoms with Gasteiger partial charge >= 0.3 is 0 Å². The molecule has 1 unspecified atom stereocenters. The predicted octanol–water partition coefficient (Wildman–Crippen LogP) is 3.19. The zero-order chi connectivity index (χ0) is 12.1. The summed E-state index contributed by atoms with van der Waals surface area (Å²) in [5.74, 6) is 0.417. The van der Waals surface area contributed by atoms with Gasteiger partial charge in [0, 0.05) is 13.1 Å². The van der Waals surface area contributed by atoms with E-state index in [1.165, 1.54) is 5.56 Å². The number of carbonyl (C=O) groups is 1. The van der Waals surface area contributed by atoms with Gasteiger partial charge in [0.1, 0.15) is 0 Å². The largest absolute Gasteiger partial charge is 0.342 e. The second-order valence-corrected chi connectivity index (χ2v) is 4.78. The molecule has 2 heteroatoms. The Morgan fingerprint density at radius 1 is 1.24 bits per heavy atom. The van der Waals surface area contributed by atoms with Gasteiger partial charge in [0.15, 0.2) is 0 Å². The number of carbonyl (C=O) groups excluding carboxylic acids is 1. The molecule has 1 aromatic carbocycles. The molecular weight excluding hydrogens is 210 g/mol. The molecule has 17 heavy (non-hydrogen) atoms. The lowest BCUT2D eigenvalue weighted by molar-refractivity contribution is -0.132. The highest BCUT2D eigenvalue weighted by Crippen LogP contribution is 2.27. The molecule has 0 aromatic heterocycles. The summed E-state index contributed by atoms with van der Waals surface area (Å²) in [7, 11) is 0. The molecule has 2 rings (SSSR count). The Balaban J connectivity index is 2.18. The lowest BCUT2D eigenvalue weighted by Gasteiger charge is -2.24. The Labute approximate surface area is 104 Å². The second kappa shape index (κ2) is 5.85. The Morgan fingerprint density at radius 3 is 2.71 bits per heavy atom. The molecule has 1 aliphatic rings. The maximum Gasteiger partial charge on any atom is 0.230 e. The van der Waals surface area contributed by atoms with Crippen LogP contribution in [0.5, 0.6) is 0 Å². The van der Waals surface area contributed by atoms with E-state index in [0.29, 0.717) is 5.91 Å². The first-order chi connectivity index (χ1) is 8.33. The fourth-order valence-corrected chi connectivity index (χ4v) is 2.59. The standard InChI is InChI=1S/C15H21NO/c1-2-11-16-12-7-6-10-14(15(16)17)13-8-4-3-5-9-13/h3-5,8-9,14H,2,6-7,10-12H2,1H3. The topological polar surface area (TPSA) is 20.3 Å². The van der Waals surface area contributed by atoms with Gasteiger partial charge in [-0.3, -0.25) is 4.79 Å². The van der Waals surface area contributed by atoms with Gasteiger partial charge in [0.2, 0.25) is 5.91 Å². The van der Waals surface area contributed by atoms with E-state index in [0.717, 1.165) is 38.8 Å². The molecule has 0 saturated carbocycles. The van der Waals surface area contributed by atoms with Crippen LogP contribution in [0.1, 0.15) is 44.1 Å². The van der Waals surface area contributed by atoms with Crippen molar-refractivity contribution < 1.29 is 4.79 Å². The van der Waals surface area contributed by atoms with Crippen molar-refractivity contribution >= 4 is 5.91 Å². The van der Waals surface area contributed by atoms with Crippen LogP contribution in [0, 0.1) is 0 Å². The number of hydrogen-bond donors (Lipinski definition) is 0. The van der Waals surface area contributed by atoms with E-state index in [-0.39, 0.29) is 5.92 Å². The molecular formula is C15H21NO. The Hall–Kier alpha value is -1.31. The monoisotopic (exact) mass is 231 g/mol. The molecule has 1 saturated heterocycles. The van der Waals surface area contributed by atoms with Crippen molar-refractivity contribution in [1.82, 2.24) is 4.90 Å². The van der Waals surface area contributed by atoms with Crippen molar-refractivity contribution in [3.05, 3.63) is 35.9 Å². The molecule has 1 fully saturated rings. The highest BCUT2D eigenvalue weighted by molar-refractivity contribution is 5.84. The van der Waals surface area contributed by atoms with E-state index >= 15 is 0 Å². The van der Waals surface area contributed by atoms with Crippen LogP contribution in [0.3, 0.4) is 0 Å². The summed E-state index contributed by atoms with van der Waals surface area (Å²) in [6.07, 6.45) is 4.36. The average molecular weight is 231 g/mol. The molecule has 0 aliphatic carbocycles. The lowest BCUT2D eigenvalue weighted by atomic mass is 9.93. The molecule has 2 nitrogen and oxygen atoms in total. The summed E-state index contributed by atoms with van der Waals surface area (Å²) in [4.78, 5) is 14.5. The van der Waals surface area contributed by atoms with Gasteiger partial charge in [0.25, 0.3) is 0 Å². The van der Waals surface area contributed by atoms with Crippen molar-refractivity contribution in [2.45, 2.75) is 38.5 Å². The highest BCUT2D eigenvalue weighted by Gasteiger charge is 2.27. The van der Waals surface area contributed by atoms with Crippen LogP contribution in [0.15, 0.2) is 30.3 Å². The number of hydrogen-bond acceptors (Lipinski definition) is 1. The van der Waals surface area contributed by atoms with Gasteiger partial charge in [-0.05, 0) is 24.8 Å². The minimum Gasteiger partial charge on any atom is -0.342 e. The third kappa shape index (κ3) is 2.87. The Morgan fingerprint density at radius 2 is 2.00 bits per heavy atom. The SMILES string of the molecule is CCCN1CCCCC(c2ccccc2)C1=O. The van der Waals surface area contributed by atoms with E-state index in [1.807, 2.05) is 23.1 Å². The third-order valence-corrected chi connectivity index (χ3v) is 3.48. The van der Waals surface area contributed by atoms with Gasteiger partial charge in [-0.1, -0.05) is 43.7 Å². The minimum atomic E-state index is 0.0882. The number of benzene rings is 1. The zero-order valence-electron chi connectivity index (χ0n) is 10.6. The van der Waals surface area contributed by atoms with Crippen molar-refractivity contribution in [2.75, 3.05) is 13.1 Å². The molecule has 0 N–H and O–H groups in total. The molecule has 92 valence electrons. The molecule has 1 heterocycles. The van der Waals surface area contributed by atoms with Crippen LogP contribution in [-0.2, 0) is 4.79 Å². The number of likely N-dealkylation sites (tertiary alicyclic amines) is 1. The van der Waals surface area contributed by atoms with Gasteiger partial charge in [0.05, 0.1) is 5.92 Å². The van der Waals surface area contributed by atoms with E-state index in [9.17, 15) is 4.79 Å². The van der Waals surface area contributed by atoms with E-state index in [2.05, 4.69) is 19.1 Å². The summed E-state index contributed by atoms with van der Waals surface area (Å²) in [6.45, 7) is 3.98. The number of nitrogens with zero attached hydrogens (tertiary/aromatic N) is 1. The first kappa shape index (κ1) is 12.2. The van der Waals surface area contributed by atoms with Crippen molar-refractivity contribution in [3.8, 4) is 0 Å². The molecule has 1 amide bonds. The van der Waals surface area contributed by atoms with Crippen LogP contribution in [-0.4, -0.2) is 23.9 Å². The molecule has 0 bridgehead atoms. The van der Waals surface area contributed by atoms with Crippen LogP contribution in [0.4, 0.5) is 0 Å². The molecule has 1 atom stereocenters. The Kier molecular flexibility index (Phi) is 4.18. The van der Waals surface area contributed by atoms with Crippen LogP contribution >= 0.6 is 0 Å². The van der Waals surface area contributed by atoms with Gasteiger partial charge < -0.3 is 4.90 Å². The molecule has 1 aromatic rings. The second-order valence-electron chi connectivity index (χ2n) is 4.78. The third-order valence-electron chi connectivity index (χ3n) is 3.48. The number of rotatable bonds is 3. The van der Waals surface area contributed by atoms with Gasteiger partial charge in [-0.25, -0.2) is 0 Å². The molecule has 1 aliphatic heterocycles. The summed E-state index contributed by atoms with van der Waals surface area (Å²) >= 11 is 0. The summed E-state index contributed by atoms with van der Waals surface area (Å²) in [5.41, 5.74) is 1.18. The molecule has 0 radical (unpaired) electrons. The van der Waals surface area contributed by atoms with Crippen LogP contribution in [0.25, 0.3) is 0 Å². The fraction of sp³-hybridized carbons (Fsp3) is 0.533. The number of amides is 1. The average Bonchev–Trinajstić information content (AvgIpc) is 2.54. The first-order valence-electron chi connectivity index (χ1n) is 6.66. The summed E-state index contributed by atoms with van der Waals surface area (Å²) in [5, 5.41) is 0. The summed E-state index contributed by atoms with van der Waals surface area (Å²) in [6, 6.07) is 10.2. The van der Waals surface area contributed by atoms with Crippen molar-refractivity contribution in [3.63, 3.8) is 0 Å². The van der Waals surface area contributed by atoms with E-state index in [4.69, 9.17) is 0 Å². The lowest BCUT2D eigenvalue weighted by Crippen LogP contribution is -2.34. The van der Waals surface area contributed by atoms with Crippen LogP contribution in [0.2, 0.25) is 0 Å².